The fraction of sp³-hybridized carbons (Fsp3) is 0.224. The summed E-state index contributed by atoms with van der Waals surface area (Å²) in [6, 6.07) is 57.0. The Morgan fingerprint density at radius 3 is 1.62 bits per heavy atom. The van der Waals surface area contributed by atoms with Crippen LogP contribution in [0.5, 0.6) is 5.75 Å². The number of benzene rings is 6. The number of aromatic hydroxyl groups is 1. The van der Waals surface area contributed by atoms with Crippen molar-refractivity contribution in [3.05, 3.63) is 208 Å². The number of rotatable bonds is 16. The minimum Gasteiger partial charge on any atom is -0.508 e. The topological polar surface area (TPSA) is 66.4 Å². The normalized spacial score (nSPS) is 19.6. The fourth-order valence-corrected chi connectivity index (χ4v) is 8.38. The lowest BCUT2D eigenvalue weighted by atomic mass is 9.89. The van der Waals surface area contributed by atoms with Crippen molar-refractivity contribution in [1.82, 2.24) is 0 Å². The van der Waals surface area contributed by atoms with Crippen LogP contribution in [0.15, 0.2) is 170 Å². The highest BCUT2D eigenvalue weighted by Gasteiger charge is 2.49. The summed E-state index contributed by atoms with van der Waals surface area (Å²) in [5.74, 6) is 0.243. The van der Waals surface area contributed by atoms with Gasteiger partial charge in [-0.3, -0.25) is 0 Å². The van der Waals surface area contributed by atoms with Gasteiger partial charge in [-0.1, -0.05) is 146 Å². The Kier molecular flexibility index (Phi) is 12.6. The number of hydrogen-bond donors (Lipinski definition) is 1. The van der Waals surface area contributed by atoms with E-state index in [1.165, 1.54) is 15.0 Å². The molecule has 1 saturated heterocycles. The molecule has 7 heteroatoms. The molecule has 6 aromatic carbocycles. The van der Waals surface area contributed by atoms with Crippen LogP contribution in [-0.2, 0) is 56.5 Å². The van der Waals surface area contributed by atoms with Crippen LogP contribution in [0.25, 0.3) is 10.1 Å². The molecule has 0 radical (unpaired) electrons. The minimum absolute atomic E-state index is 0.243. The van der Waals surface area contributed by atoms with E-state index < -0.39 is 30.5 Å². The highest BCUT2D eigenvalue weighted by Crippen LogP contribution is 2.40. The van der Waals surface area contributed by atoms with Gasteiger partial charge in [-0.05, 0) is 63.0 Å². The second kappa shape index (κ2) is 18.7. The van der Waals surface area contributed by atoms with Gasteiger partial charge in [0.2, 0.25) is 0 Å². The van der Waals surface area contributed by atoms with Gasteiger partial charge in [0.25, 0.3) is 0 Å². The van der Waals surface area contributed by atoms with Gasteiger partial charge in [0.05, 0.1) is 33.0 Å². The Balaban J connectivity index is 1.16. The molecule has 1 N–H and O–H groups in total. The van der Waals surface area contributed by atoms with Crippen molar-refractivity contribution in [2.75, 3.05) is 6.61 Å². The molecule has 284 valence electrons. The summed E-state index contributed by atoms with van der Waals surface area (Å²) in [5.41, 5.74) is 5.92. The van der Waals surface area contributed by atoms with Crippen LogP contribution < -0.4 is 0 Å². The summed E-state index contributed by atoms with van der Waals surface area (Å²) < 4.78 is 35.5. The monoisotopic (exact) mass is 762 g/mol. The third kappa shape index (κ3) is 9.63. The van der Waals surface area contributed by atoms with Gasteiger partial charge in [0, 0.05) is 16.0 Å². The minimum atomic E-state index is -0.577. The predicted octanol–water partition coefficient (Wildman–Crippen LogP) is 10.6. The largest absolute Gasteiger partial charge is 0.508 e. The molecule has 1 aliphatic rings. The van der Waals surface area contributed by atoms with Crippen LogP contribution >= 0.6 is 11.3 Å². The first-order valence-corrected chi connectivity index (χ1v) is 20.0. The molecule has 6 nitrogen and oxygen atoms in total. The summed E-state index contributed by atoms with van der Waals surface area (Å²) in [5, 5.41) is 12.4. The fourth-order valence-electron chi connectivity index (χ4n) is 7.29. The zero-order valence-corrected chi connectivity index (χ0v) is 32.0. The lowest BCUT2D eigenvalue weighted by molar-refractivity contribution is -0.275. The third-order valence-electron chi connectivity index (χ3n) is 10.2. The van der Waals surface area contributed by atoms with Crippen LogP contribution in [0, 0.1) is 0 Å². The molecule has 0 unspecified atom stereocenters. The summed E-state index contributed by atoms with van der Waals surface area (Å²) in [6.45, 7) is 1.78. The highest BCUT2D eigenvalue weighted by molar-refractivity contribution is 7.19. The molecule has 0 spiro atoms. The maximum absolute atomic E-state index is 11.2. The van der Waals surface area contributed by atoms with E-state index in [9.17, 15) is 5.11 Å². The molecule has 8 rings (SSSR count). The number of fused-ring (bicyclic) bond motifs is 1. The molecule has 5 atom stereocenters. The van der Waals surface area contributed by atoms with Gasteiger partial charge in [0.1, 0.15) is 36.3 Å². The van der Waals surface area contributed by atoms with E-state index in [4.69, 9.17) is 23.7 Å². The molecule has 0 bridgehead atoms. The first-order valence-electron chi connectivity index (χ1n) is 19.2. The number of hydrogen-bond acceptors (Lipinski definition) is 7. The van der Waals surface area contributed by atoms with E-state index in [1.807, 2.05) is 78.9 Å². The summed E-state index contributed by atoms with van der Waals surface area (Å²) in [7, 11) is 0. The third-order valence-corrected chi connectivity index (χ3v) is 11.3. The number of phenolic OH excluding ortho intramolecular Hbond substituents is 1. The average molecular weight is 763 g/mol. The van der Waals surface area contributed by atoms with E-state index in [1.54, 1.807) is 17.4 Å². The van der Waals surface area contributed by atoms with Crippen molar-refractivity contribution >= 4 is 21.4 Å². The summed E-state index contributed by atoms with van der Waals surface area (Å²) in [6.07, 6.45) is -2.16. The quantitative estimate of drug-likeness (QED) is 0.106. The first kappa shape index (κ1) is 37.8. The molecule has 7 aromatic rings. The zero-order chi connectivity index (χ0) is 37.9. The van der Waals surface area contributed by atoms with E-state index in [0.29, 0.717) is 32.8 Å². The maximum Gasteiger partial charge on any atom is 0.119 e. The van der Waals surface area contributed by atoms with Crippen molar-refractivity contribution < 1.29 is 28.8 Å². The van der Waals surface area contributed by atoms with Crippen LogP contribution in [0.3, 0.4) is 0 Å². The lowest BCUT2D eigenvalue weighted by Crippen LogP contribution is -2.58. The van der Waals surface area contributed by atoms with E-state index in [2.05, 4.69) is 84.9 Å². The Morgan fingerprint density at radius 2 is 1.04 bits per heavy atom. The second-order valence-electron chi connectivity index (χ2n) is 14.2. The Bertz CT molecular complexity index is 2210. The van der Waals surface area contributed by atoms with Crippen LogP contribution in [0.4, 0.5) is 0 Å². The summed E-state index contributed by atoms with van der Waals surface area (Å²) in [4.78, 5) is 1.17. The van der Waals surface area contributed by atoms with Gasteiger partial charge in [-0.15, -0.1) is 11.3 Å². The standard InChI is InChI=1S/C49H46O6S/c50-43-26-25-40(27-41(43)29-42-28-39-23-13-14-24-45(39)56-42)46-48(53-32-37-19-9-3-10-20-37)49(54-33-38-21-11-4-12-22-38)47(52-31-36-17-7-2-8-18-36)44(55-46)34-51-30-35-15-5-1-6-16-35/h1-28,44,46-50H,29-34H2/t44-,46+,47-,48+,49+/m1/s1. The van der Waals surface area contributed by atoms with E-state index >= 15 is 0 Å². The number of phenols is 1. The van der Waals surface area contributed by atoms with Crippen molar-refractivity contribution in [2.24, 2.45) is 0 Å². The zero-order valence-electron chi connectivity index (χ0n) is 31.2. The molecular formula is C49H46O6S. The molecule has 0 amide bonds. The summed E-state index contributed by atoms with van der Waals surface area (Å²) >= 11 is 1.74. The Labute approximate surface area is 332 Å². The molecule has 1 fully saturated rings. The van der Waals surface area contributed by atoms with Crippen molar-refractivity contribution in [3.8, 4) is 5.75 Å². The van der Waals surface area contributed by atoms with Crippen LogP contribution in [0.2, 0.25) is 0 Å². The Morgan fingerprint density at radius 1 is 0.518 bits per heavy atom. The average Bonchev–Trinajstić information content (AvgIpc) is 3.66. The van der Waals surface area contributed by atoms with Crippen molar-refractivity contribution in [3.63, 3.8) is 0 Å². The van der Waals surface area contributed by atoms with Gasteiger partial charge in [-0.25, -0.2) is 0 Å². The molecule has 1 aromatic heterocycles. The second-order valence-corrected chi connectivity index (χ2v) is 15.4. The molecule has 2 heterocycles. The number of ether oxygens (including phenoxy) is 5. The van der Waals surface area contributed by atoms with Gasteiger partial charge < -0.3 is 28.8 Å². The van der Waals surface area contributed by atoms with E-state index in [0.717, 1.165) is 33.4 Å². The molecule has 56 heavy (non-hydrogen) atoms. The molecule has 1 aliphatic heterocycles. The highest BCUT2D eigenvalue weighted by atomic mass is 32.1. The lowest BCUT2D eigenvalue weighted by Gasteiger charge is -2.46. The first-order chi connectivity index (χ1) is 27.7. The maximum atomic E-state index is 11.2. The van der Waals surface area contributed by atoms with Gasteiger partial charge in [-0.2, -0.15) is 0 Å². The number of thiophene rings is 1. The van der Waals surface area contributed by atoms with Gasteiger partial charge in [0.15, 0.2) is 0 Å². The van der Waals surface area contributed by atoms with Crippen molar-refractivity contribution in [2.45, 2.75) is 63.4 Å². The smallest absolute Gasteiger partial charge is 0.119 e. The molecule has 0 aliphatic carbocycles. The predicted molar refractivity (Wildman–Crippen MR) is 222 cm³/mol. The van der Waals surface area contributed by atoms with Gasteiger partial charge >= 0.3 is 0 Å². The molecule has 0 saturated carbocycles. The van der Waals surface area contributed by atoms with Crippen LogP contribution in [0.1, 0.15) is 44.4 Å². The van der Waals surface area contributed by atoms with Crippen LogP contribution in [-0.4, -0.2) is 36.1 Å². The van der Waals surface area contributed by atoms with Crippen molar-refractivity contribution in [1.29, 1.82) is 0 Å². The Hall–Kier alpha value is -5.12. The molecular weight excluding hydrogens is 717 g/mol. The SMILES string of the molecule is Oc1ccc([C@@H]2O[C@H](COCc3ccccc3)[C@@H](OCc3ccccc3)[C@H](OCc3ccccc3)[C@H]2OCc2ccccc2)cc1Cc1cc2ccccc2s1. The van der Waals surface area contributed by atoms with E-state index in [-0.39, 0.29) is 12.4 Å².